The molecule has 0 spiro atoms. The minimum atomic E-state index is -3.47. The minimum Gasteiger partial charge on any atom is -0.355 e. The Labute approximate surface area is 176 Å². The van der Waals surface area contributed by atoms with E-state index < -0.39 is 10.0 Å². The Bertz CT molecular complexity index is 950. The Kier molecular flexibility index (Phi) is 6.34. The molecule has 2 aliphatic rings. The highest BCUT2D eigenvalue weighted by molar-refractivity contribution is 7.89. The lowest BCUT2D eigenvalue weighted by atomic mass is 10.1. The van der Waals surface area contributed by atoms with Crippen molar-refractivity contribution in [3.05, 3.63) is 51.7 Å². The zero-order valence-corrected chi connectivity index (χ0v) is 18.1. The van der Waals surface area contributed by atoms with Crippen molar-refractivity contribution >= 4 is 27.3 Å². The number of nitrogens with one attached hydrogen (secondary N) is 1. The van der Waals surface area contributed by atoms with E-state index in [1.165, 1.54) is 16.0 Å². The first-order chi connectivity index (χ1) is 14.0. The first kappa shape index (κ1) is 20.5. The van der Waals surface area contributed by atoms with E-state index in [2.05, 4.69) is 11.4 Å². The summed E-state index contributed by atoms with van der Waals surface area (Å²) in [5, 5.41) is 4.99. The maximum Gasteiger partial charge on any atom is 0.243 e. The van der Waals surface area contributed by atoms with Gasteiger partial charge in [-0.3, -0.25) is 9.69 Å². The molecule has 1 saturated heterocycles. The van der Waals surface area contributed by atoms with Crippen LogP contribution in [-0.4, -0.2) is 62.8 Å². The first-order valence-electron chi connectivity index (χ1n) is 10.2. The van der Waals surface area contributed by atoms with Crippen LogP contribution in [0.4, 0.5) is 0 Å². The zero-order chi connectivity index (χ0) is 20.3. The summed E-state index contributed by atoms with van der Waals surface area (Å²) in [5.74, 6) is -0.00325. The molecule has 1 fully saturated rings. The molecule has 2 aromatic rings. The number of sulfonamides is 1. The molecule has 1 aromatic heterocycles. The third kappa shape index (κ3) is 4.88. The van der Waals surface area contributed by atoms with Crippen molar-refractivity contribution in [2.45, 2.75) is 30.6 Å². The number of carbonyl (C=O) groups excluding carboxylic acids is 1. The fraction of sp³-hybridized carbons (Fsp3) is 0.476. The first-order valence-corrected chi connectivity index (χ1v) is 12.5. The minimum absolute atomic E-state index is 0.00325. The van der Waals surface area contributed by atoms with Crippen molar-refractivity contribution in [1.29, 1.82) is 0 Å². The number of fused-ring (bicyclic) bond motifs is 1. The van der Waals surface area contributed by atoms with Crippen molar-refractivity contribution < 1.29 is 13.2 Å². The van der Waals surface area contributed by atoms with E-state index in [4.69, 9.17) is 0 Å². The monoisotopic (exact) mass is 433 g/mol. The van der Waals surface area contributed by atoms with Gasteiger partial charge >= 0.3 is 0 Å². The van der Waals surface area contributed by atoms with E-state index in [9.17, 15) is 13.2 Å². The summed E-state index contributed by atoms with van der Waals surface area (Å²) in [6, 6.07) is 9.64. The van der Waals surface area contributed by atoms with Gasteiger partial charge in [-0.1, -0.05) is 12.1 Å². The molecule has 1 aliphatic heterocycles. The molecule has 1 aliphatic carbocycles. The number of hydrogen-bond donors (Lipinski definition) is 1. The van der Waals surface area contributed by atoms with Crippen molar-refractivity contribution in [2.24, 2.45) is 0 Å². The lowest BCUT2D eigenvalue weighted by Gasteiger charge is -2.33. The van der Waals surface area contributed by atoms with Gasteiger partial charge in [-0.05, 0) is 60.4 Å². The van der Waals surface area contributed by atoms with Crippen LogP contribution in [-0.2, 0) is 34.1 Å². The van der Waals surface area contributed by atoms with Gasteiger partial charge in [0.2, 0.25) is 15.9 Å². The number of benzene rings is 1. The molecule has 2 heterocycles. The Morgan fingerprint density at radius 2 is 1.86 bits per heavy atom. The quantitative estimate of drug-likeness (QED) is 0.724. The van der Waals surface area contributed by atoms with Crippen LogP contribution in [0, 0.1) is 0 Å². The molecule has 0 unspecified atom stereocenters. The summed E-state index contributed by atoms with van der Waals surface area (Å²) in [6.07, 6.45) is 3.96. The molecule has 8 heteroatoms. The Balaban J connectivity index is 1.26. The lowest BCUT2D eigenvalue weighted by molar-refractivity contribution is -0.122. The van der Waals surface area contributed by atoms with Gasteiger partial charge in [0, 0.05) is 37.6 Å². The van der Waals surface area contributed by atoms with E-state index >= 15 is 0 Å². The van der Waals surface area contributed by atoms with Gasteiger partial charge in [0.05, 0.1) is 11.4 Å². The average molecular weight is 434 g/mol. The van der Waals surface area contributed by atoms with E-state index in [0.717, 1.165) is 25.7 Å². The van der Waals surface area contributed by atoms with E-state index in [0.29, 0.717) is 44.2 Å². The second-order valence-corrected chi connectivity index (χ2v) is 10.6. The molecular weight excluding hydrogens is 406 g/mol. The molecule has 156 valence electrons. The summed E-state index contributed by atoms with van der Waals surface area (Å²) in [6.45, 7) is 2.93. The number of rotatable bonds is 7. The molecule has 0 radical (unpaired) electrons. The van der Waals surface area contributed by atoms with Crippen molar-refractivity contribution in [3.8, 4) is 0 Å². The van der Waals surface area contributed by atoms with Crippen LogP contribution in [0.2, 0.25) is 0 Å². The highest BCUT2D eigenvalue weighted by atomic mass is 32.2. The topological polar surface area (TPSA) is 69.7 Å². The van der Waals surface area contributed by atoms with Crippen LogP contribution in [0.15, 0.2) is 40.6 Å². The second-order valence-electron chi connectivity index (χ2n) is 7.64. The van der Waals surface area contributed by atoms with E-state index in [1.807, 2.05) is 28.5 Å². The number of carbonyl (C=O) groups is 1. The predicted molar refractivity (Wildman–Crippen MR) is 115 cm³/mol. The summed E-state index contributed by atoms with van der Waals surface area (Å²) in [7, 11) is -3.47. The van der Waals surface area contributed by atoms with Crippen LogP contribution in [0.1, 0.15) is 22.4 Å². The van der Waals surface area contributed by atoms with Crippen LogP contribution in [0.25, 0.3) is 0 Å². The number of thiophene rings is 1. The zero-order valence-electron chi connectivity index (χ0n) is 16.5. The summed E-state index contributed by atoms with van der Waals surface area (Å²) in [5.41, 5.74) is 2.45. The Morgan fingerprint density at radius 3 is 2.62 bits per heavy atom. The van der Waals surface area contributed by atoms with Gasteiger partial charge in [0.1, 0.15) is 0 Å². The molecule has 1 amide bonds. The standard InChI is InChI=1S/C21H27N3O3S2/c25-21(22-9-8-19-5-2-14-28-19)16-23-10-12-24(13-11-23)29(26,27)20-7-6-17-3-1-4-18(17)15-20/h2,5-7,14-15H,1,3-4,8-13,16H2,(H,22,25). The molecule has 6 nitrogen and oxygen atoms in total. The molecule has 0 atom stereocenters. The molecule has 29 heavy (non-hydrogen) atoms. The fourth-order valence-corrected chi connectivity index (χ4v) is 6.21. The number of hydrogen-bond acceptors (Lipinski definition) is 5. The van der Waals surface area contributed by atoms with E-state index in [1.54, 1.807) is 21.7 Å². The normalized spacial score (nSPS) is 17.9. The summed E-state index contributed by atoms with van der Waals surface area (Å²) in [4.78, 5) is 15.9. The lowest BCUT2D eigenvalue weighted by Crippen LogP contribution is -2.51. The third-order valence-corrected chi connectivity index (χ3v) is 8.51. The van der Waals surface area contributed by atoms with Crippen LogP contribution in [0.3, 0.4) is 0 Å². The summed E-state index contributed by atoms with van der Waals surface area (Å²) >= 11 is 1.69. The molecular formula is C21H27N3O3S2. The summed E-state index contributed by atoms with van der Waals surface area (Å²) < 4.78 is 27.5. The number of nitrogens with zero attached hydrogens (tertiary/aromatic N) is 2. The number of amides is 1. The molecule has 4 rings (SSSR count). The molecule has 0 bridgehead atoms. The van der Waals surface area contributed by atoms with Crippen molar-refractivity contribution in [1.82, 2.24) is 14.5 Å². The van der Waals surface area contributed by atoms with Crippen LogP contribution in [0.5, 0.6) is 0 Å². The third-order valence-electron chi connectivity index (χ3n) is 5.68. The van der Waals surface area contributed by atoms with Crippen molar-refractivity contribution in [2.75, 3.05) is 39.3 Å². The SMILES string of the molecule is O=C(CN1CCN(S(=O)(=O)c2ccc3c(c2)CCC3)CC1)NCCc1cccs1. The van der Waals surface area contributed by atoms with Crippen LogP contribution >= 0.6 is 11.3 Å². The average Bonchev–Trinajstić information content (AvgIpc) is 3.39. The van der Waals surface area contributed by atoms with Gasteiger partial charge in [0.25, 0.3) is 0 Å². The van der Waals surface area contributed by atoms with Gasteiger partial charge in [-0.2, -0.15) is 4.31 Å². The van der Waals surface area contributed by atoms with Gasteiger partial charge in [0.15, 0.2) is 0 Å². The van der Waals surface area contributed by atoms with Gasteiger partial charge in [-0.15, -0.1) is 11.3 Å². The molecule has 0 saturated carbocycles. The highest BCUT2D eigenvalue weighted by Gasteiger charge is 2.29. The predicted octanol–water partition coefficient (Wildman–Crippen LogP) is 1.90. The Morgan fingerprint density at radius 1 is 1.07 bits per heavy atom. The highest BCUT2D eigenvalue weighted by Crippen LogP contribution is 2.26. The smallest absolute Gasteiger partial charge is 0.243 e. The maximum atomic E-state index is 13.0. The fourth-order valence-electron chi connectivity index (χ4n) is 4.02. The molecule has 1 N–H and O–H groups in total. The van der Waals surface area contributed by atoms with Gasteiger partial charge in [-0.25, -0.2) is 8.42 Å². The Hall–Kier alpha value is -1.74. The van der Waals surface area contributed by atoms with Gasteiger partial charge < -0.3 is 5.32 Å². The van der Waals surface area contributed by atoms with Crippen molar-refractivity contribution in [3.63, 3.8) is 0 Å². The van der Waals surface area contributed by atoms with Crippen LogP contribution < -0.4 is 5.32 Å². The number of aryl methyl sites for hydroxylation is 2. The second kappa shape index (κ2) is 8.95. The maximum absolute atomic E-state index is 13.0. The molecule has 1 aromatic carbocycles. The largest absolute Gasteiger partial charge is 0.355 e. The van der Waals surface area contributed by atoms with E-state index in [-0.39, 0.29) is 5.91 Å². The number of piperazine rings is 1.